The van der Waals surface area contributed by atoms with Crippen LogP contribution in [0.25, 0.3) is 0 Å². The van der Waals surface area contributed by atoms with Crippen molar-refractivity contribution in [2.24, 2.45) is 10.8 Å². The van der Waals surface area contributed by atoms with Gasteiger partial charge in [0.05, 0.1) is 59.3 Å². The Morgan fingerprint density at radius 2 is 1.21 bits per heavy atom. The van der Waals surface area contributed by atoms with Gasteiger partial charge in [-0.2, -0.15) is 0 Å². The monoisotopic (exact) mass is 348 g/mol. The first-order chi connectivity index (χ1) is 11.2. The summed E-state index contributed by atoms with van der Waals surface area (Å²) in [6.07, 6.45) is 0.264. The molecule has 0 rings (SSSR count). The van der Waals surface area contributed by atoms with E-state index < -0.39 is 0 Å². The van der Waals surface area contributed by atoms with Gasteiger partial charge in [0.15, 0.2) is 0 Å². The Morgan fingerprint density at radius 1 is 0.750 bits per heavy atom. The van der Waals surface area contributed by atoms with E-state index >= 15 is 0 Å². The maximum atomic E-state index is 11.7. The third kappa shape index (κ3) is 11.8. The summed E-state index contributed by atoms with van der Waals surface area (Å²) >= 11 is 0. The predicted molar refractivity (Wildman–Crippen MR) is 93.1 cm³/mol. The average Bonchev–Trinajstić information content (AvgIpc) is 2.49. The number of methoxy groups -OCH3 is 1. The SMILES string of the molecule is COCCOCCOCCOCCC(=O)OCC(C)(C)C(C)(C)C. The molecule has 0 N–H and O–H groups in total. The van der Waals surface area contributed by atoms with Crippen LogP contribution in [0.15, 0.2) is 0 Å². The van der Waals surface area contributed by atoms with Crippen LogP contribution < -0.4 is 0 Å². The van der Waals surface area contributed by atoms with Gasteiger partial charge in [-0.15, -0.1) is 0 Å². The topological polar surface area (TPSA) is 63.2 Å². The van der Waals surface area contributed by atoms with Crippen molar-refractivity contribution in [3.05, 3.63) is 0 Å². The first-order valence-corrected chi connectivity index (χ1v) is 8.58. The Kier molecular flexibility index (Phi) is 12.3. The molecular weight excluding hydrogens is 312 g/mol. The maximum absolute atomic E-state index is 11.7. The Labute approximate surface area is 147 Å². The summed E-state index contributed by atoms with van der Waals surface area (Å²) in [5.74, 6) is -0.222. The number of rotatable bonds is 14. The molecule has 0 heterocycles. The van der Waals surface area contributed by atoms with E-state index in [1.807, 2.05) is 0 Å². The standard InChI is InChI=1S/C18H36O6/c1-17(2,3)18(4,5)15-24-16(19)7-8-21-11-12-23-14-13-22-10-9-20-6/h7-15H2,1-6H3. The third-order valence-corrected chi connectivity index (χ3v) is 4.25. The summed E-state index contributed by atoms with van der Waals surface area (Å²) in [5, 5.41) is 0. The molecule has 0 bridgehead atoms. The summed E-state index contributed by atoms with van der Waals surface area (Å²) in [6.45, 7) is 14.6. The highest BCUT2D eigenvalue weighted by atomic mass is 16.6. The number of carbonyl (C=O) groups is 1. The van der Waals surface area contributed by atoms with E-state index in [2.05, 4.69) is 34.6 Å². The Hall–Kier alpha value is -0.690. The Morgan fingerprint density at radius 3 is 1.67 bits per heavy atom. The first kappa shape index (κ1) is 23.3. The molecule has 24 heavy (non-hydrogen) atoms. The molecule has 0 aromatic heterocycles. The Bertz CT molecular complexity index is 322. The van der Waals surface area contributed by atoms with E-state index in [1.165, 1.54) is 0 Å². The minimum absolute atomic E-state index is 0.0668. The lowest BCUT2D eigenvalue weighted by molar-refractivity contribution is -0.150. The molecule has 0 fully saturated rings. The second-order valence-electron chi connectivity index (χ2n) is 7.37. The molecule has 0 aliphatic heterocycles. The van der Waals surface area contributed by atoms with E-state index in [1.54, 1.807) is 7.11 Å². The molecule has 0 aliphatic carbocycles. The van der Waals surface area contributed by atoms with Crippen molar-refractivity contribution in [3.63, 3.8) is 0 Å². The summed E-state index contributed by atoms with van der Waals surface area (Å²) < 4.78 is 26.2. The lowest BCUT2D eigenvalue weighted by Gasteiger charge is -2.38. The molecule has 0 saturated carbocycles. The van der Waals surface area contributed by atoms with Gasteiger partial charge in [0.1, 0.15) is 0 Å². The van der Waals surface area contributed by atoms with Gasteiger partial charge in [-0.05, 0) is 5.41 Å². The zero-order valence-electron chi connectivity index (χ0n) is 16.3. The fourth-order valence-corrected chi connectivity index (χ4v) is 1.39. The molecule has 0 saturated heterocycles. The van der Waals surface area contributed by atoms with Crippen LogP contribution in [0.4, 0.5) is 0 Å². The molecular formula is C18H36O6. The van der Waals surface area contributed by atoms with Gasteiger partial charge in [0.25, 0.3) is 0 Å². The van der Waals surface area contributed by atoms with Crippen LogP contribution in [0.3, 0.4) is 0 Å². The number of ether oxygens (including phenoxy) is 5. The van der Waals surface area contributed by atoms with Crippen molar-refractivity contribution in [2.75, 3.05) is 60.0 Å². The number of hydrogen-bond donors (Lipinski definition) is 0. The number of hydrogen-bond acceptors (Lipinski definition) is 6. The molecule has 0 atom stereocenters. The quantitative estimate of drug-likeness (QED) is 0.355. The van der Waals surface area contributed by atoms with E-state index in [9.17, 15) is 4.79 Å². The van der Waals surface area contributed by atoms with Gasteiger partial charge in [-0.3, -0.25) is 4.79 Å². The highest BCUT2D eigenvalue weighted by molar-refractivity contribution is 5.69. The lowest BCUT2D eigenvalue weighted by atomic mass is 9.70. The molecule has 0 unspecified atom stereocenters. The van der Waals surface area contributed by atoms with Crippen molar-refractivity contribution < 1.29 is 28.5 Å². The second kappa shape index (κ2) is 12.6. The molecule has 6 nitrogen and oxygen atoms in total. The molecule has 6 heteroatoms. The summed E-state index contributed by atoms with van der Waals surface area (Å²) in [6, 6.07) is 0. The van der Waals surface area contributed by atoms with Crippen LogP contribution in [0.2, 0.25) is 0 Å². The minimum Gasteiger partial charge on any atom is -0.465 e. The highest BCUT2D eigenvalue weighted by Gasteiger charge is 2.33. The third-order valence-electron chi connectivity index (χ3n) is 4.25. The zero-order chi connectivity index (χ0) is 18.5. The van der Waals surface area contributed by atoms with Crippen LogP contribution in [0, 0.1) is 10.8 Å². The number of esters is 1. The fraction of sp³-hybridized carbons (Fsp3) is 0.944. The van der Waals surface area contributed by atoms with E-state index in [4.69, 9.17) is 23.7 Å². The average molecular weight is 348 g/mol. The van der Waals surface area contributed by atoms with Crippen molar-refractivity contribution in [2.45, 2.75) is 41.0 Å². The van der Waals surface area contributed by atoms with E-state index in [0.29, 0.717) is 52.9 Å². The Balaban J connectivity index is 3.47. The van der Waals surface area contributed by atoms with E-state index in [0.717, 1.165) is 0 Å². The molecule has 0 spiro atoms. The van der Waals surface area contributed by atoms with Gasteiger partial charge < -0.3 is 23.7 Å². The van der Waals surface area contributed by atoms with Gasteiger partial charge in [0, 0.05) is 12.5 Å². The van der Waals surface area contributed by atoms with Crippen LogP contribution in [0.1, 0.15) is 41.0 Å². The second-order valence-corrected chi connectivity index (χ2v) is 7.37. The van der Waals surface area contributed by atoms with E-state index in [-0.39, 0.29) is 23.2 Å². The van der Waals surface area contributed by atoms with Crippen molar-refractivity contribution in [1.29, 1.82) is 0 Å². The van der Waals surface area contributed by atoms with Crippen molar-refractivity contribution in [3.8, 4) is 0 Å². The van der Waals surface area contributed by atoms with Crippen LogP contribution in [0.5, 0.6) is 0 Å². The molecule has 0 radical (unpaired) electrons. The smallest absolute Gasteiger partial charge is 0.308 e. The van der Waals surface area contributed by atoms with Crippen LogP contribution >= 0.6 is 0 Å². The van der Waals surface area contributed by atoms with Crippen molar-refractivity contribution in [1.82, 2.24) is 0 Å². The van der Waals surface area contributed by atoms with Crippen molar-refractivity contribution >= 4 is 5.97 Å². The normalized spacial score (nSPS) is 12.4. The molecule has 0 aromatic carbocycles. The summed E-state index contributed by atoms with van der Waals surface area (Å²) in [4.78, 5) is 11.7. The maximum Gasteiger partial charge on any atom is 0.308 e. The summed E-state index contributed by atoms with van der Waals surface area (Å²) in [5.41, 5.74) is 0.0110. The van der Waals surface area contributed by atoms with Crippen LogP contribution in [-0.4, -0.2) is 65.9 Å². The minimum atomic E-state index is -0.222. The van der Waals surface area contributed by atoms with Gasteiger partial charge in [0.2, 0.25) is 0 Å². The molecule has 0 aliphatic rings. The predicted octanol–water partition coefficient (Wildman–Crippen LogP) is 2.69. The van der Waals surface area contributed by atoms with Gasteiger partial charge >= 0.3 is 5.97 Å². The zero-order valence-corrected chi connectivity index (χ0v) is 16.3. The van der Waals surface area contributed by atoms with Gasteiger partial charge in [-0.25, -0.2) is 0 Å². The van der Waals surface area contributed by atoms with Gasteiger partial charge in [-0.1, -0.05) is 34.6 Å². The fourth-order valence-electron chi connectivity index (χ4n) is 1.39. The molecule has 0 amide bonds. The molecule has 144 valence electrons. The van der Waals surface area contributed by atoms with Crippen LogP contribution in [-0.2, 0) is 28.5 Å². The molecule has 0 aromatic rings. The first-order valence-electron chi connectivity index (χ1n) is 8.58. The summed E-state index contributed by atoms with van der Waals surface area (Å²) in [7, 11) is 1.64. The highest BCUT2D eigenvalue weighted by Crippen LogP contribution is 2.37. The lowest BCUT2D eigenvalue weighted by Crippen LogP contribution is -2.35. The number of carbonyl (C=O) groups excluding carboxylic acids is 1. The largest absolute Gasteiger partial charge is 0.465 e.